The van der Waals surface area contributed by atoms with Crippen LogP contribution in [-0.2, 0) is 6.54 Å². The van der Waals surface area contributed by atoms with Crippen LogP contribution in [0.2, 0.25) is 0 Å². The lowest BCUT2D eigenvalue weighted by molar-refractivity contribution is 0.402. The van der Waals surface area contributed by atoms with Crippen molar-refractivity contribution in [2.75, 3.05) is 0 Å². The normalized spacial score (nSPS) is 10.8. The largest absolute Gasteiger partial charge is 0.493 e. The average Bonchev–Trinajstić information content (AvgIpc) is 2.53. The Labute approximate surface area is 128 Å². The van der Waals surface area contributed by atoms with Crippen LogP contribution in [0.4, 0.5) is 11.4 Å². The maximum atomic E-state index is 12.4. The maximum Gasteiger partial charge on any atom is 0.281 e. The van der Waals surface area contributed by atoms with Crippen molar-refractivity contribution in [3.8, 4) is 11.9 Å². The SMILES string of the molecule is CCCn1c(O)c(C#N)c(C)c(N=Nc2ccccc2)c1=O. The average molecular weight is 296 g/mol. The van der Waals surface area contributed by atoms with Gasteiger partial charge in [-0.15, -0.1) is 5.11 Å². The molecule has 0 fully saturated rings. The summed E-state index contributed by atoms with van der Waals surface area (Å²) < 4.78 is 1.16. The maximum absolute atomic E-state index is 12.4. The summed E-state index contributed by atoms with van der Waals surface area (Å²) in [4.78, 5) is 12.4. The molecule has 6 nitrogen and oxygen atoms in total. The number of azo groups is 1. The molecule has 0 aliphatic carbocycles. The summed E-state index contributed by atoms with van der Waals surface area (Å²) in [6.07, 6.45) is 0.649. The number of nitriles is 1. The number of nitrogens with zero attached hydrogens (tertiary/aromatic N) is 4. The molecular weight excluding hydrogens is 280 g/mol. The third-order valence-corrected chi connectivity index (χ3v) is 3.24. The van der Waals surface area contributed by atoms with Gasteiger partial charge in [0.15, 0.2) is 5.69 Å². The van der Waals surface area contributed by atoms with Crippen molar-refractivity contribution in [3.05, 3.63) is 51.8 Å². The second-order valence-electron chi connectivity index (χ2n) is 4.78. The van der Waals surface area contributed by atoms with Crippen LogP contribution in [0, 0.1) is 18.3 Å². The van der Waals surface area contributed by atoms with Gasteiger partial charge in [0.1, 0.15) is 11.6 Å². The standard InChI is InChI=1S/C16H16N4O2/c1-3-9-20-15(21)13(10-17)11(2)14(16(20)22)19-18-12-7-5-4-6-8-12/h4-8,21H,3,9H2,1-2H3. The van der Waals surface area contributed by atoms with Crippen molar-refractivity contribution in [3.63, 3.8) is 0 Å². The van der Waals surface area contributed by atoms with Gasteiger partial charge in [0.25, 0.3) is 5.56 Å². The molecule has 6 heteroatoms. The summed E-state index contributed by atoms with van der Waals surface area (Å²) in [5.74, 6) is -0.314. The lowest BCUT2D eigenvalue weighted by Gasteiger charge is -2.11. The van der Waals surface area contributed by atoms with Crippen molar-refractivity contribution in [2.24, 2.45) is 10.2 Å². The summed E-state index contributed by atoms with van der Waals surface area (Å²) >= 11 is 0. The highest BCUT2D eigenvalue weighted by molar-refractivity contribution is 5.56. The van der Waals surface area contributed by atoms with E-state index in [0.29, 0.717) is 24.2 Å². The fourth-order valence-corrected chi connectivity index (χ4v) is 2.09. The van der Waals surface area contributed by atoms with Crippen molar-refractivity contribution < 1.29 is 5.11 Å². The molecule has 112 valence electrons. The molecule has 0 radical (unpaired) electrons. The molecule has 22 heavy (non-hydrogen) atoms. The van der Waals surface area contributed by atoms with Gasteiger partial charge in [0, 0.05) is 12.1 Å². The quantitative estimate of drug-likeness (QED) is 0.874. The third-order valence-electron chi connectivity index (χ3n) is 3.24. The summed E-state index contributed by atoms with van der Waals surface area (Å²) in [5, 5.41) is 27.3. The van der Waals surface area contributed by atoms with Crippen molar-refractivity contribution in [2.45, 2.75) is 26.8 Å². The number of rotatable bonds is 4. The first kappa shape index (κ1) is 15.4. The second-order valence-corrected chi connectivity index (χ2v) is 4.78. The van der Waals surface area contributed by atoms with E-state index in [1.54, 1.807) is 19.1 Å². The Morgan fingerprint density at radius 2 is 1.95 bits per heavy atom. The highest BCUT2D eigenvalue weighted by Gasteiger charge is 2.18. The first-order chi connectivity index (χ1) is 10.6. The third kappa shape index (κ3) is 2.88. The molecule has 0 unspecified atom stereocenters. The zero-order valence-corrected chi connectivity index (χ0v) is 12.4. The monoisotopic (exact) mass is 296 g/mol. The molecule has 1 aromatic heterocycles. The Morgan fingerprint density at radius 1 is 1.27 bits per heavy atom. The smallest absolute Gasteiger partial charge is 0.281 e. The Hall–Kier alpha value is -2.94. The first-order valence-corrected chi connectivity index (χ1v) is 6.93. The summed E-state index contributed by atoms with van der Waals surface area (Å²) in [6.45, 7) is 3.77. The fraction of sp³-hybridized carbons (Fsp3) is 0.250. The van der Waals surface area contributed by atoms with Gasteiger partial charge in [0.2, 0.25) is 5.88 Å². The molecule has 0 atom stereocenters. The number of hydrogen-bond donors (Lipinski definition) is 1. The Morgan fingerprint density at radius 3 is 2.55 bits per heavy atom. The van der Waals surface area contributed by atoms with Gasteiger partial charge in [-0.2, -0.15) is 10.4 Å². The minimum absolute atomic E-state index is 0.0510. The van der Waals surface area contributed by atoms with Gasteiger partial charge < -0.3 is 5.11 Å². The van der Waals surface area contributed by atoms with Crippen LogP contribution in [0.5, 0.6) is 5.88 Å². The molecular formula is C16H16N4O2. The van der Waals surface area contributed by atoms with Gasteiger partial charge in [-0.05, 0) is 25.5 Å². The molecule has 1 aromatic carbocycles. The van der Waals surface area contributed by atoms with E-state index in [1.807, 2.05) is 31.2 Å². The molecule has 0 spiro atoms. The van der Waals surface area contributed by atoms with Crippen LogP contribution in [0.25, 0.3) is 0 Å². The van der Waals surface area contributed by atoms with E-state index in [4.69, 9.17) is 0 Å². The highest BCUT2D eigenvalue weighted by atomic mass is 16.3. The van der Waals surface area contributed by atoms with Crippen LogP contribution in [0.3, 0.4) is 0 Å². The molecule has 0 aliphatic rings. The van der Waals surface area contributed by atoms with Crippen molar-refractivity contribution >= 4 is 11.4 Å². The van der Waals surface area contributed by atoms with Gasteiger partial charge in [-0.25, -0.2) is 0 Å². The van der Waals surface area contributed by atoms with E-state index in [-0.39, 0.29) is 17.1 Å². The summed E-state index contributed by atoms with van der Waals surface area (Å²) in [7, 11) is 0. The van der Waals surface area contributed by atoms with E-state index >= 15 is 0 Å². The number of hydrogen-bond acceptors (Lipinski definition) is 5. The van der Waals surface area contributed by atoms with Crippen molar-refractivity contribution in [1.82, 2.24) is 4.57 Å². The van der Waals surface area contributed by atoms with Crippen LogP contribution in [0.1, 0.15) is 24.5 Å². The topological polar surface area (TPSA) is 90.7 Å². The van der Waals surface area contributed by atoms with Crippen LogP contribution in [0.15, 0.2) is 45.4 Å². The van der Waals surface area contributed by atoms with Crippen LogP contribution >= 0.6 is 0 Å². The predicted octanol–water partition coefficient (Wildman–Crippen LogP) is 3.56. The molecule has 2 rings (SSSR count). The Bertz CT molecular complexity index is 802. The zero-order valence-electron chi connectivity index (χ0n) is 12.4. The zero-order chi connectivity index (χ0) is 16.1. The molecule has 0 bridgehead atoms. The summed E-state index contributed by atoms with van der Waals surface area (Å²) in [5.41, 5.74) is 0.615. The number of aromatic hydroxyl groups is 1. The Kier molecular flexibility index (Phi) is 4.69. The van der Waals surface area contributed by atoms with Crippen molar-refractivity contribution in [1.29, 1.82) is 5.26 Å². The van der Waals surface area contributed by atoms with Gasteiger partial charge in [0.05, 0.1) is 5.69 Å². The molecule has 0 amide bonds. The second kappa shape index (κ2) is 6.68. The lowest BCUT2D eigenvalue weighted by Crippen LogP contribution is -2.21. The van der Waals surface area contributed by atoms with E-state index in [2.05, 4.69) is 10.2 Å². The Balaban J connectivity index is 2.61. The van der Waals surface area contributed by atoms with E-state index in [9.17, 15) is 15.2 Å². The molecule has 0 saturated carbocycles. The molecule has 1 N–H and O–H groups in total. The van der Waals surface area contributed by atoms with E-state index < -0.39 is 5.56 Å². The van der Waals surface area contributed by atoms with Gasteiger partial charge >= 0.3 is 0 Å². The summed E-state index contributed by atoms with van der Waals surface area (Å²) in [6, 6.07) is 10.9. The molecule has 0 aliphatic heterocycles. The van der Waals surface area contributed by atoms with Crippen LogP contribution in [-0.4, -0.2) is 9.67 Å². The number of pyridine rings is 1. The molecule has 0 saturated heterocycles. The van der Waals surface area contributed by atoms with Gasteiger partial charge in [-0.3, -0.25) is 9.36 Å². The van der Waals surface area contributed by atoms with Gasteiger partial charge in [-0.1, -0.05) is 25.1 Å². The van der Waals surface area contributed by atoms with E-state index in [0.717, 1.165) is 4.57 Å². The fourth-order valence-electron chi connectivity index (χ4n) is 2.09. The molecule has 2 aromatic rings. The molecule has 1 heterocycles. The highest BCUT2D eigenvalue weighted by Crippen LogP contribution is 2.26. The minimum atomic E-state index is -0.449. The first-order valence-electron chi connectivity index (χ1n) is 6.93. The van der Waals surface area contributed by atoms with E-state index in [1.165, 1.54) is 0 Å². The minimum Gasteiger partial charge on any atom is -0.493 e. The number of aromatic nitrogens is 1. The van der Waals surface area contributed by atoms with Crippen LogP contribution < -0.4 is 5.56 Å². The lowest BCUT2D eigenvalue weighted by atomic mass is 10.1. The number of benzene rings is 1. The predicted molar refractivity (Wildman–Crippen MR) is 82.7 cm³/mol.